The van der Waals surface area contributed by atoms with Gasteiger partial charge < -0.3 is 29.2 Å². The zero-order chi connectivity index (χ0) is 41.0. The maximum Gasteiger partial charge on any atom is 0.258 e. The Morgan fingerprint density at radius 3 is 1.42 bits per heavy atom. The molecular formula is C44H51Cl2FN8O2. The van der Waals surface area contributed by atoms with Gasteiger partial charge in [0.15, 0.2) is 0 Å². The maximum absolute atomic E-state index is 13.3. The van der Waals surface area contributed by atoms with Crippen LogP contribution < -0.4 is 9.80 Å². The molecule has 13 heteroatoms. The van der Waals surface area contributed by atoms with Gasteiger partial charge in [0.2, 0.25) is 0 Å². The van der Waals surface area contributed by atoms with Crippen LogP contribution in [0.1, 0.15) is 48.4 Å². The van der Waals surface area contributed by atoms with Crippen LogP contribution in [0.15, 0.2) is 135 Å². The van der Waals surface area contributed by atoms with E-state index < -0.39 is 0 Å². The molecule has 0 aliphatic heterocycles. The highest BCUT2D eigenvalue weighted by molar-refractivity contribution is 6.31. The fraction of sp³-hybridized carbons (Fsp3) is 0.273. The summed E-state index contributed by atoms with van der Waals surface area (Å²) < 4.78 is 15.0. The van der Waals surface area contributed by atoms with Gasteiger partial charge in [-0.25, -0.2) is 14.4 Å². The minimum absolute atomic E-state index is 0.0216. The van der Waals surface area contributed by atoms with Crippen LogP contribution in [0, 0.1) is 5.82 Å². The Hall–Kier alpha value is -5.33. The molecule has 4 aromatic carbocycles. The molecule has 0 aliphatic carbocycles. The summed E-state index contributed by atoms with van der Waals surface area (Å²) in [5, 5.41) is 1.28. The number of nitrogens with zero attached hydrogens (tertiary/aromatic N) is 7. The molecule has 0 aliphatic rings. The molecule has 6 aromatic rings. The van der Waals surface area contributed by atoms with Gasteiger partial charge in [0, 0.05) is 89.2 Å². The largest absolute Gasteiger partial charge is 0.351 e. The molecular weight excluding hydrogens is 762 g/mol. The Morgan fingerprint density at radius 2 is 1.07 bits per heavy atom. The lowest BCUT2D eigenvalue weighted by atomic mass is 10.1. The van der Waals surface area contributed by atoms with E-state index in [0.717, 1.165) is 56.3 Å². The highest BCUT2D eigenvalue weighted by atomic mass is 35.5. The Kier molecular flexibility index (Phi) is 18.4. The molecule has 57 heavy (non-hydrogen) atoms. The number of hydrogen-bond acceptors (Lipinski definition) is 6. The lowest BCUT2D eigenvalue weighted by Crippen LogP contribution is -2.38. The topological polar surface area (TPSA) is 93.6 Å². The lowest BCUT2D eigenvalue weighted by molar-refractivity contribution is 0.0976. The molecule has 10 nitrogen and oxygen atoms in total. The molecule has 0 spiro atoms. The SMILES string of the molecule is CCN(CC)CCN(C(=O)c1ccc(-n2ccnc2)cc1)c1ccc(Cl)cc1.CCN(CC)CCN(C(=O)c1ccc(F)cc1)c1ccc(Cl)cc1.c1c[nH]cn1. The van der Waals surface area contributed by atoms with Crippen LogP contribution >= 0.6 is 23.2 Å². The monoisotopic (exact) mass is 812 g/mol. The first-order valence-corrected chi connectivity index (χ1v) is 19.8. The minimum atomic E-state index is -0.354. The number of hydrogen-bond donors (Lipinski definition) is 1. The van der Waals surface area contributed by atoms with Crippen molar-refractivity contribution in [1.82, 2.24) is 29.3 Å². The average Bonchev–Trinajstić information content (AvgIpc) is 4.02. The third-order valence-corrected chi connectivity index (χ3v) is 9.75. The summed E-state index contributed by atoms with van der Waals surface area (Å²) in [5.74, 6) is -0.524. The lowest BCUT2D eigenvalue weighted by Gasteiger charge is -2.27. The molecule has 0 saturated heterocycles. The Balaban J connectivity index is 0.000000227. The van der Waals surface area contributed by atoms with Gasteiger partial charge in [-0.2, -0.15) is 0 Å². The Labute approximate surface area is 345 Å². The summed E-state index contributed by atoms with van der Waals surface area (Å²) in [6.07, 6.45) is 10.4. The van der Waals surface area contributed by atoms with E-state index in [1.54, 1.807) is 48.3 Å². The number of benzene rings is 4. The third-order valence-electron chi connectivity index (χ3n) is 9.25. The summed E-state index contributed by atoms with van der Waals surface area (Å²) in [6.45, 7) is 15.0. The quantitative estimate of drug-likeness (QED) is 0.111. The van der Waals surface area contributed by atoms with Gasteiger partial charge in [0.25, 0.3) is 11.8 Å². The smallest absolute Gasteiger partial charge is 0.258 e. The van der Waals surface area contributed by atoms with Crippen LogP contribution in [-0.2, 0) is 0 Å². The van der Waals surface area contributed by atoms with E-state index in [1.165, 1.54) is 24.3 Å². The second-order valence-corrected chi connectivity index (χ2v) is 13.6. The zero-order valence-electron chi connectivity index (χ0n) is 32.9. The van der Waals surface area contributed by atoms with Gasteiger partial charge in [0.1, 0.15) is 5.82 Å². The zero-order valence-corrected chi connectivity index (χ0v) is 34.5. The number of carbonyl (C=O) groups is 2. The summed E-state index contributed by atoms with van der Waals surface area (Å²) in [4.78, 5) is 44.7. The number of aromatic nitrogens is 4. The third kappa shape index (κ3) is 14.0. The summed E-state index contributed by atoms with van der Waals surface area (Å²) in [7, 11) is 0. The summed E-state index contributed by atoms with van der Waals surface area (Å²) in [6, 6.07) is 27.8. The van der Waals surface area contributed by atoms with Crippen molar-refractivity contribution in [3.63, 3.8) is 0 Å². The second-order valence-electron chi connectivity index (χ2n) is 12.7. The van der Waals surface area contributed by atoms with Crippen molar-refractivity contribution in [1.29, 1.82) is 0 Å². The van der Waals surface area contributed by atoms with Crippen molar-refractivity contribution < 1.29 is 14.0 Å². The first-order valence-electron chi connectivity index (χ1n) is 19.0. The number of H-pyrrole nitrogens is 1. The molecule has 0 radical (unpaired) electrons. The van der Waals surface area contributed by atoms with E-state index in [9.17, 15) is 14.0 Å². The molecule has 0 atom stereocenters. The number of nitrogens with one attached hydrogen (secondary N) is 1. The van der Waals surface area contributed by atoms with Crippen LogP contribution in [0.4, 0.5) is 15.8 Å². The van der Waals surface area contributed by atoms with E-state index in [2.05, 4.69) is 52.4 Å². The van der Waals surface area contributed by atoms with Crippen molar-refractivity contribution in [2.24, 2.45) is 0 Å². The van der Waals surface area contributed by atoms with Crippen molar-refractivity contribution >= 4 is 46.4 Å². The predicted octanol–water partition coefficient (Wildman–Crippen LogP) is 9.39. The molecule has 300 valence electrons. The molecule has 0 bridgehead atoms. The van der Waals surface area contributed by atoms with Crippen LogP contribution in [0.2, 0.25) is 10.0 Å². The Bertz CT molecular complexity index is 1990. The van der Waals surface area contributed by atoms with E-state index in [1.807, 2.05) is 76.3 Å². The highest BCUT2D eigenvalue weighted by Gasteiger charge is 2.20. The fourth-order valence-corrected chi connectivity index (χ4v) is 6.06. The molecule has 2 aromatic heterocycles. The van der Waals surface area contributed by atoms with E-state index >= 15 is 0 Å². The molecule has 6 rings (SSSR count). The van der Waals surface area contributed by atoms with E-state index in [-0.39, 0.29) is 17.6 Å². The highest BCUT2D eigenvalue weighted by Crippen LogP contribution is 2.22. The van der Waals surface area contributed by atoms with Gasteiger partial charge in [-0.3, -0.25) is 9.59 Å². The van der Waals surface area contributed by atoms with Gasteiger partial charge in [0.05, 0.1) is 12.7 Å². The van der Waals surface area contributed by atoms with Gasteiger partial charge >= 0.3 is 0 Å². The van der Waals surface area contributed by atoms with Crippen LogP contribution in [0.3, 0.4) is 0 Å². The van der Waals surface area contributed by atoms with E-state index in [4.69, 9.17) is 23.2 Å². The van der Waals surface area contributed by atoms with Crippen molar-refractivity contribution in [2.45, 2.75) is 27.7 Å². The molecule has 0 fully saturated rings. The molecule has 1 N–H and O–H groups in total. The number of rotatable bonds is 15. The number of amides is 2. The number of halogens is 3. The Morgan fingerprint density at radius 1 is 0.614 bits per heavy atom. The number of likely N-dealkylation sites (N-methyl/N-ethyl adjacent to an activating group) is 2. The normalized spacial score (nSPS) is 10.7. The molecule has 0 saturated carbocycles. The first kappa shape index (κ1) is 44.4. The van der Waals surface area contributed by atoms with Crippen molar-refractivity contribution in [3.8, 4) is 5.69 Å². The maximum atomic E-state index is 13.3. The summed E-state index contributed by atoms with van der Waals surface area (Å²) >= 11 is 12.0. The van der Waals surface area contributed by atoms with Crippen molar-refractivity contribution in [3.05, 3.63) is 161 Å². The van der Waals surface area contributed by atoms with Gasteiger partial charge in [-0.05, 0) is 123 Å². The molecule has 2 heterocycles. The average molecular weight is 814 g/mol. The number of carbonyl (C=O) groups excluding carboxylic acids is 2. The number of imidazole rings is 2. The van der Waals surface area contributed by atoms with Gasteiger partial charge in [-0.15, -0.1) is 0 Å². The number of aromatic amines is 1. The second kappa shape index (κ2) is 23.7. The molecule has 0 unspecified atom stereocenters. The van der Waals surface area contributed by atoms with Crippen LogP contribution in [-0.4, -0.2) is 93.5 Å². The van der Waals surface area contributed by atoms with Crippen molar-refractivity contribution in [2.75, 3.05) is 62.2 Å². The fourth-order valence-electron chi connectivity index (χ4n) is 5.81. The minimum Gasteiger partial charge on any atom is -0.351 e. The molecule has 2 amide bonds. The number of anilines is 2. The first-order chi connectivity index (χ1) is 27.7. The van der Waals surface area contributed by atoms with Gasteiger partial charge in [-0.1, -0.05) is 50.9 Å². The predicted molar refractivity (Wildman–Crippen MR) is 230 cm³/mol. The van der Waals surface area contributed by atoms with Crippen LogP contribution in [0.5, 0.6) is 0 Å². The summed E-state index contributed by atoms with van der Waals surface area (Å²) in [5.41, 5.74) is 3.71. The van der Waals surface area contributed by atoms with Crippen LogP contribution in [0.25, 0.3) is 5.69 Å². The standard InChI is InChI=1S/C22H25ClN4O.C19H22ClFN2O.C3H4N2/c1-3-25(4-2)15-16-27(21-11-7-19(23)8-12-21)22(28)18-5-9-20(10-6-18)26-14-13-24-17-26;1-3-22(4-2)13-14-23(18-11-7-16(20)8-12-18)19(24)15-5-9-17(21)10-6-15;1-2-5-3-4-1/h5-14,17H,3-4,15-16H2,1-2H3;5-12H,3-4,13-14H2,1-2H3;1-3H,(H,4,5). The van der Waals surface area contributed by atoms with E-state index in [0.29, 0.717) is 34.3 Å².